The van der Waals surface area contributed by atoms with Gasteiger partial charge in [0.05, 0.1) is 15.2 Å². The van der Waals surface area contributed by atoms with Crippen molar-refractivity contribution in [2.45, 2.75) is 43.4 Å². The Morgan fingerprint density at radius 1 is 1.53 bits per heavy atom. The normalized spacial score (nSPS) is 17.8. The Hall–Kier alpha value is -0.850. The highest BCUT2D eigenvalue weighted by molar-refractivity contribution is 8.00. The van der Waals surface area contributed by atoms with Crippen LogP contribution in [-0.2, 0) is 6.42 Å². The molecule has 104 valence electrons. The molecule has 2 rings (SSSR count). The van der Waals surface area contributed by atoms with Crippen LogP contribution in [0.3, 0.4) is 0 Å². The summed E-state index contributed by atoms with van der Waals surface area (Å²) < 4.78 is 1.05. The highest BCUT2D eigenvalue weighted by Gasteiger charge is 2.29. The molecule has 0 saturated heterocycles. The number of nitrogens with one attached hydrogen (secondary N) is 1. The molecule has 0 bridgehead atoms. The van der Waals surface area contributed by atoms with Crippen LogP contribution in [0.1, 0.15) is 53.6 Å². The average molecular weight is 298 g/mol. The van der Waals surface area contributed by atoms with Crippen molar-refractivity contribution in [1.29, 1.82) is 0 Å². The number of amides is 1. The maximum absolute atomic E-state index is 12.2. The number of aliphatic hydroxyl groups excluding tert-OH is 1. The van der Waals surface area contributed by atoms with Gasteiger partial charge in [-0.05, 0) is 44.9 Å². The fourth-order valence-electron chi connectivity index (χ4n) is 2.21. The number of hydrogen-bond donors (Lipinski definition) is 2. The van der Waals surface area contributed by atoms with Gasteiger partial charge in [0, 0.05) is 11.3 Å². The molecule has 19 heavy (non-hydrogen) atoms. The van der Waals surface area contributed by atoms with Gasteiger partial charge in [0.1, 0.15) is 0 Å². The monoisotopic (exact) mass is 298 g/mol. The molecular weight excluding hydrogens is 280 g/mol. The maximum Gasteiger partial charge on any atom is 0.281 e. The highest BCUT2D eigenvalue weighted by Crippen LogP contribution is 2.43. The number of thioether (sulfide) groups is 1. The summed E-state index contributed by atoms with van der Waals surface area (Å²) in [6, 6.07) is 0. The molecule has 1 aliphatic carbocycles. The summed E-state index contributed by atoms with van der Waals surface area (Å²) >= 11 is 3.05. The summed E-state index contributed by atoms with van der Waals surface area (Å²) in [5, 5.41) is 14.1. The van der Waals surface area contributed by atoms with Crippen molar-refractivity contribution in [3.8, 4) is 0 Å². The second-order valence-electron chi connectivity index (χ2n) is 4.72. The number of thiophene rings is 1. The summed E-state index contributed by atoms with van der Waals surface area (Å²) in [7, 11) is 0. The Labute approximate surface area is 121 Å². The molecule has 1 amide bonds. The van der Waals surface area contributed by atoms with Gasteiger partial charge < -0.3 is 5.11 Å². The Morgan fingerprint density at radius 2 is 2.26 bits per heavy atom. The summed E-state index contributed by atoms with van der Waals surface area (Å²) in [5.41, 5.74) is 5.35. The fourth-order valence-corrected chi connectivity index (χ4v) is 4.30. The molecule has 1 aromatic heterocycles. The topological polar surface area (TPSA) is 61.7 Å². The third-order valence-corrected chi connectivity index (χ3v) is 5.41. The number of carbonyl (C=O) groups excluding carboxylic acids is 1. The zero-order valence-electron chi connectivity index (χ0n) is 11.3. The van der Waals surface area contributed by atoms with Crippen LogP contribution in [0.2, 0.25) is 0 Å². The lowest BCUT2D eigenvalue weighted by atomic mass is 9.91. The van der Waals surface area contributed by atoms with E-state index in [1.807, 2.05) is 20.1 Å². The standard InChI is InChI=1S/C13H18N2O2S2/c1-7(2)14-15-12(17)11-8-5-4-6-9(16)10(8)13(18-3)19-11/h9,16H,4-6H2,1-3H3,(H,15,17). The Balaban J connectivity index is 2.36. The second kappa shape index (κ2) is 6.07. The molecule has 6 heteroatoms. The second-order valence-corrected chi connectivity index (χ2v) is 6.82. The fraction of sp³-hybridized carbons (Fsp3) is 0.538. The Morgan fingerprint density at radius 3 is 2.89 bits per heavy atom. The molecule has 0 aliphatic heterocycles. The van der Waals surface area contributed by atoms with E-state index in [1.165, 1.54) is 11.3 Å². The van der Waals surface area contributed by atoms with Crippen LogP contribution in [0.25, 0.3) is 0 Å². The number of fused-ring (bicyclic) bond motifs is 1. The third kappa shape index (κ3) is 3.01. The first kappa shape index (κ1) is 14.6. The average Bonchev–Trinajstić information content (AvgIpc) is 2.76. The van der Waals surface area contributed by atoms with Crippen molar-refractivity contribution < 1.29 is 9.90 Å². The van der Waals surface area contributed by atoms with E-state index in [2.05, 4.69) is 10.5 Å². The van der Waals surface area contributed by atoms with Gasteiger partial charge in [0.15, 0.2) is 0 Å². The first-order valence-electron chi connectivity index (χ1n) is 6.23. The number of aliphatic hydroxyl groups is 1. The van der Waals surface area contributed by atoms with Crippen molar-refractivity contribution in [2.75, 3.05) is 6.26 Å². The van der Waals surface area contributed by atoms with E-state index in [0.29, 0.717) is 4.88 Å². The van der Waals surface area contributed by atoms with E-state index >= 15 is 0 Å². The molecule has 0 radical (unpaired) electrons. The van der Waals surface area contributed by atoms with Crippen LogP contribution in [0.5, 0.6) is 0 Å². The molecule has 1 unspecified atom stereocenters. The minimum absolute atomic E-state index is 0.170. The largest absolute Gasteiger partial charge is 0.388 e. The number of nitrogens with zero attached hydrogens (tertiary/aromatic N) is 1. The predicted octanol–water partition coefficient (Wildman–Crippen LogP) is 2.97. The van der Waals surface area contributed by atoms with E-state index in [0.717, 1.165) is 40.3 Å². The van der Waals surface area contributed by atoms with Gasteiger partial charge in [-0.1, -0.05) is 0 Å². The van der Waals surface area contributed by atoms with Crippen molar-refractivity contribution >= 4 is 34.7 Å². The minimum atomic E-state index is -0.430. The molecule has 1 heterocycles. The van der Waals surface area contributed by atoms with E-state index in [-0.39, 0.29) is 5.91 Å². The Kier molecular flexibility index (Phi) is 4.65. The zero-order chi connectivity index (χ0) is 14.0. The van der Waals surface area contributed by atoms with Gasteiger partial charge >= 0.3 is 0 Å². The van der Waals surface area contributed by atoms with Crippen molar-refractivity contribution in [3.63, 3.8) is 0 Å². The molecule has 1 aromatic rings. The van der Waals surface area contributed by atoms with Gasteiger partial charge in [-0.2, -0.15) is 5.10 Å². The maximum atomic E-state index is 12.2. The van der Waals surface area contributed by atoms with Crippen molar-refractivity contribution in [3.05, 3.63) is 16.0 Å². The molecule has 0 aromatic carbocycles. The van der Waals surface area contributed by atoms with E-state index in [9.17, 15) is 9.90 Å². The van der Waals surface area contributed by atoms with Crippen LogP contribution in [0, 0.1) is 0 Å². The number of hydrazone groups is 1. The predicted molar refractivity (Wildman–Crippen MR) is 80.2 cm³/mol. The van der Waals surface area contributed by atoms with Gasteiger partial charge in [-0.25, -0.2) is 5.43 Å². The lowest BCUT2D eigenvalue weighted by Gasteiger charge is -2.19. The molecule has 1 aliphatic rings. The summed E-state index contributed by atoms with van der Waals surface area (Å²) in [6.45, 7) is 3.67. The number of carbonyl (C=O) groups is 1. The quantitative estimate of drug-likeness (QED) is 0.512. The molecule has 0 spiro atoms. The van der Waals surface area contributed by atoms with Crippen LogP contribution in [-0.4, -0.2) is 23.0 Å². The molecule has 2 N–H and O–H groups in total. The lowest BCUT2D eigenvalue weighted by Crippen LogP contribution is -2.20. The third-order valence-electron chi connectivity index (χ3n) is 3.02. The molecule has 4 nitrogen and oxygen atoms in total. The van der Waals surface area contributed by atoms with Gasteiger partial charge in [-0.3, -0.25) is 4.79 Å². The number of hydrogen-bond acceptors (Lipinski definition) is 5. The summed E-state index contributed by atoms with van der Waals surface area (Å²) in [6.07, 6.45) is 4.12. The summed E-state index contributed by atoms with van der Waals surface area (Å²) in [5.74, 6) is -0.170. The first-order valence-corrected chi connectivity index (χ1v) is 8.27. The van der Waals surface area contributed by atoms with Crippen LogP contribution < -0.4 is 5.43 Å². The van der Waals surface area contributed by atoms with E-state index in [1.54, 1.807) is 11.8 Å². The molecule has 0 fully saturated rings. The van der Waals surface area contributed by atoms with E-state index < -0.39 is 6.10 Å². The zero-order valence-corrected chi connectivity index (χ0v) is 13.0. The van der Waals surface area contributed by atoms with Gasteiger partial charge in [-0.15, -0.1) is 23.1 Å². The van der Waals surface area contributed by atoms with Crippen LogP contribution >= 0.6 is 23.1 Å². The lowest BCUT2D eigenvalue weighted by molar-refractivity contribution is 0.0957. The van der Waals surface area contributed by atoms with Gasteiger partial charge in [0.2, 0.25) is 0 Å². The van der Waals surface area contributed by atoms with Crippen molar-refractivity contribution in [1.82, 2.24) is 5.43 Å². The molecular formula is C13H18N2O2S2. The van der Waals surface area contributed by atoms with Crippen LogP contribution in [0.4, 0.5) is 0 Å². The Bertz CT molecular complexity index is 519. The highest BCUT2D eigenvalue weighted by atomic mass is 32.2. The first-order chi connectivity index (χ1) is 9.04. The SMILES string of the molecule is CSc1sc(C(=O)NN=C(C)C)c2c1C(O)CCC2. The minimum Gasteiger partial charge on any atom is -0.388 e. The summed E-state index contributed by atoms with van der Waals surface area (Å²) in [4.78, 5) is 12.9. The smallest absolute Gasteiger partial charge is 0.281 e. The van der Waals surface area contributed by atoms with Crippen molar-refractivity contribution in [2.24, 2.45) is 5.10 Å². The molecule has 0 saturated carbocycles. The van der Waals surface area contributed by atoms with E-state index in [4.69, 9.17) is 0 Å². The number of rotatable bonds is 3. The van der Waals surface area contributed by atoms with Crippen LogP contribution in [0.15, 0.2) is 9.31 Å². The molecule has 1 atom stereocenters. The van der Waals surface area contributed by atoms with Gasteiger partial charge in [0.25, 0.3) is 5.91 Å².